The molecule has 0 unspecified atom stereocenters. The number of thioether (sulfide) groups is 1. The van der Waals surface area contributed by atoms with Crippen LogP contribution in [0.4, 0.5) is 17.6 Å². The third-order valence-electron chi connectivity index (χ3n) is 3.52. The fraction of sp³-hybridized carbons (Fsp3) is 0.250. The number of hydrogen-bond acceptors (Lipinski definition) is 6. The molecule has 0 saturated carbocycles. The van der Waals surface area contributed by atoms with Gasteiger partial charge in [0.2, 0.25) is 0 Å². The van der Waals surface area contributed by atoms with Crippen LogP contribution >= 0.6 is 11.8 Å². The second-order valence-electron chi connectivity index (χ2n) is 5.35. The van der Waals surface area contributed by atoms with Gasteiger partial charge < -0.3 is 4.74 Å². The van der Waals surface area contributed by atoms with Crippen molar-refractivity contribution in [2.75, 3.05) is 0 Å². The van der Waals surface area contributed by atoms with Crippen molar-refractivity contribution in [1.82, 2.24) is 10.2 Å². The molecule has 1 aliphatic rings. The molecule has 0 N–H and O–H groups in total. The zero-order chi connectivity index (χ0) is 18.9. The minimum absolute atomic E-state index is 0.0211. The zero-order valence-corrected chi connectivity index (χ0v) is 13.7. The Morgan fingerprint density at radius 2 is 1.81 bits per heavy atom. The van der Waals surface area contributed by atoms with Gasteiger partial charge >= 0.3 is 11.4 Å². The highest BCUT2D eigenvalue weighted by Crippen LogP contribution is 2.54. The van der Waals surface area contributed by atoms with Crippen LogP contribution < -0.4 is 4.74 Å². The van der Waals surface area contributed by atoms with Gasteiger partial charge in [-0.2, -0.15) is 22.7 Å². The lowest BCUT2D eigenvalue weighted by Crippen LogP contribution is -2.45. The van der Waals surface area contributed by atoms with E-state index in [0.29, 0.717) is 0 Å². The number of halogens is 4. The number of Topliss-reactive ketones (excluding diaryl/α,β-unsaturated/α-hetero) is 2. The van der Waals surface area contributed by atoms with Crippen molar-refractivity contribution in [3.05, 3.63) is 47.8 Å². The molecule has 5 nitrogen and oxygen atoms in total. The van der Waals surface area contributed by atoms with Crippen LogP contribution in [0.5, 0.6) is 5.75 Å². The molecule has 2 heterocycles. The molecule has 0 amide bonds. The summed E-state index contributed by atoms with van der Waals surface area (Å²) in [6.07, 6.45) is -3.58. The maximum absolute atomic E-state index is 13.4. The Morgan fingerprint density at radius 1 is 1.08 bits per heavy atom. The van der Waals surface area contributed by atoms with Gasteiger partial charge in [-0.1, -0.05) is 0 Å². The summed E-state index contributed by atoms with van der Waals surface area (Å²) in [7, 11) is 0. The van der Waals surface area contributed by atoms with Crippen LogP contribution in [-0.4, -0.2) is 33.1 Å². The van der Waals surface area contributed by atoms with Gasteiger partial charge in [-0.15, -0.1) is 5.10 Å². The number of hydrogen-bond donors (Lipinski definition) is 0. The van der Waals surface area contributed by atoms with Gasteiger partial charge in [0, 0.05) is 24.6 Å². The lowest BCUT2D eigenvalue weighted by atomic mass is 10.0. The highest BCUT2D eigenvalue weighted by molar-refractivity contribution is 8.00. The summed E-state index contributed by atoms with van der Waals surface area (Å²) >= 11 is -0.372. The molecule has 0 spiro atoms. The third kappa shape index (κ3) is 3.55. The highest BCUT2D eigenvalue weighted by atomic mass is 32.2. The molecule has 0 fully saturated rings. The van der Waals surface area contributed by atoms with Gasteiger partial charge in [-0.25, -0.2) is 0 Å². The van der Waals surface area contributed by atoms with E-state index >= 15 is 0 Å². The Balaban J connectivity index is 1.71. The molecule has 1 aliphatic heterocycles. The Kier molecular flexibility index (Phi) is 4.70. The van der Waals surface area contributed by atoms with Crippen LogP contribution in [0.3, 0.4) is 0 Å². The number of ether oxygens (including phenoxy) is 1. The molecule has 3 rings (SSSR count). The predicted octanol–water partition coefficient (Wildman–Crippen LogP) is 3.99. The third-order valence-corrected chi connectivity index (χ3v) is 4.55. The molecule has 0 radical (unpaired) electrons. The molecule has 0 bridgehead atoms. The number of benzene rings is 1. The number of carbonyl (C=O) groups is 2. The van der Waals surface area contributed by atoms with E-state index in [1.54, 1.807) is 0 Å². The van der Waals surface area contributed by atoms with E-state index in [4.69, 9.17) is 0 Å². The summed E-state index contributed by atoms with van der Waals surface area (Å²) in [4.78, 5) is 23.8. The summed E-state index contributed by atoms with van der Waals surface area (Å²) in [5, 5.41) is 2.74. The van der Waals surface area contributed by atoms with Gasteiger partial charge in [0.25, 0.3) is 0 Å². The van der Waals surface area contributed by atoms with Gasteiger partial charge in [-0.05, 0) is 42.1 Å². The normalized spacial score (nSPS) is 17.1. The molecule has 0 saturated heterocycles. The average Bonchev–Trinajstić information content (AvgIpc) is 2.60. The molecule has 2 aromatic rings. The number of ketones is 2. The van der Waals surface area contributed by atoms with E-state index in [2.05, 4.69) is 14.9 Å². The second kappa shape index (κ2) is 6.67. The minimum Gasteiger partial charge on any atom is -0.426 e. The maximum atomic E-state index is 13.4. The Labute approximate surface area is 148 Å². The summed E-state index contributed by atoms with van der Waals surface area (Å²) < 4.78 is 57.2. The van der Waals surface area contributed by atoms with Crippen molar-refractivity contribution >= 4 is 23.3 Å². The van der Waals surface area contributed by atoms with Crippen molar-refractivity contribution in [2.24, 2.45) is 0 Å². The van der Waals surface area contributed by atoms with Gasteiger partial charge in [-0.3, -0.25) is 9.59 Å². The Bertz CT molecular complexity index is 862. The average molecular weight is 386 g/mol. The van der Waals surface area contributed by atoms with Crippen LogP contribution in [0.25, 0.3) is 0 Å². The van der Waals surface area contributed by atoms with Crippen LogP contribution in [0.15, 0.2) is 41.4 Å². The molecule has 0 aliphatic carbocycles. The van der Waals surface area contributed by atoms with Crippen LogP contribution in [0.1, 0.15) is 33.7 Å². The standard InChI is InChI=1S/C16H10F4N2O3S/c17-15(18)16(19,20)26-14-8-9(3-6-13(14)25-15)11(23)4-5-12(24)10-2-1-7-21-22-10/h1-3,6-8H,4-5H2. The van der Waals surface area contributed by atoms with Crippen molar-refractivity contribution in [3.63, 3.8) is 0 Å². The van der Waals surface area contributed by atoms with Crippen molar-refractivity contribution in [2.45, 2.75) is 29.1 Å². The molecule has 26 heavy (non-hydrogen) atoms. The molecular formula is C16H10F4N2O3S. The first kappa shape index (κ1) is 18.3. The van der Waals surface area contributed by atoms with E-state index in [1.165, 1.54) is 24.4 Å². The largest absolute Gasteiger partial charge is 0.475 e. The van der Waals surface area contributed by atoms with Crippen molar-refractivity contribution in [3.8, 4) is 5.75 Å². The van der Waals surface area contributed by atoms with E-state index < -0.39 is 28.7 Å². The summed E-state index contributed by atoms with van der Waals surface area (Å²) in [5.74, 6) is -1.32. The van der Waals surface area contributed by atoms with E-state index in [0.717, 1.165) is 12.1 Å². The Morgan fingerprint density at radius 3 is 2.50 bits per heavy atom. The topological polar surface area (TPSA) is 69.2 Å². The summed E-state index contributed by atoms with van der Waals surface area (Å²) in [6.45, 7) is 0. The Hall–Kier alpha value is -2.49. The zero-order valence-electron chi connectivity index (χ0n) is 12.9. The van der Waals surface area contributed by atoms with Crippen molar-refractivity contribution < 1.29 is 31.9 Å². The number of alkyl halides is 4. The first-order valence-corrected chi connectivity index (χ1v) is 8.13. The molecule has 0 atom stereocenters. The fourth-order valence-electron chi connectivity index (χ4n) is 2.19. The number of fused-ring (bicyclic) bond motifs is 1. The number of rotatable bonds is 5. The monoisotopic (exact) mass is 386 g/mol. The molecule has 1 aromatic heterocycles. The molecular weight excluding hydrogens is 376 g/mol. The summed E-state index contributed by atoms with van der Waals surface area (Å²) in [5.41, 5.74) is 0.129. The number of aromatic nitrogens is 2. The van der Waals surface area contributed by atoms with Crippen LogP contribution in [0.2, 0.25) is 0 Å². The fourth-order valence-corrected chi connectivity index (χ4v) is 3.02. The lowest BCUT2D eigenvalue weighted by molar-refractivity contribution is -0.273. The van der Waals surface area contributed by atoms with Crippen LogP contribution in [-0.2, 0) is 0 Å². The van der Waals surface area contributed by atoms with E-state index in [-0.39, 0.29) is 40.8 Å². The van der Waals surface area contributed by atoms with Gasteiger partial charge in [0.15, 0.2) is 11.6 Å². The van der Waals surface area contributed by atoms with Crippen LogP contribution in [0, 0.1) is 0 Å². The summed E-state index contributed by atoms with van der Waals surface area (Å²) in [6, 6.07) is 6.25. The smallest absolute Gasteiger partial charge is 0.426 e. The van der Waals surface area contributed by atoms with E-state index in [9.17, 15) is 27.2 Å². The minimum atomic E-state index is -4.64. The maximum Gasteiger partial charge on any atom is 0.475 e. The molecule has 1 aromatic carbocycles. The number of carbonyl (C=O) groups excluding carboxylic acids is 2. The molecule has 136 valence electrons. The second-order valence-corrected chi connectivity index (χ2v) is 6.51. The molecule has 10 heteroatoms. The van der Waals surface area contributed by atoms with Crippen molar-refractivity contribution in [1.29, 1.82) is 0 Å². The SMILES string of the molecule is O=C(CCC(=O)c1cccnn1)c1ccc2c(c1)SC(F)(F)C(F)(F)O2. The number of nitrogens with zero attached hydrogens (tertiary/aromatic N) is 2. The van der Waals surface area contributed by atoms with Gasteiger partial charge in [0.05, 0.1) is 4.90 Å². The predicted molar refractivity (Wildman–Crippen MR) is 82.7 cm³/mol. The van der Waals surface area contributed by atoms with Gasteiger partial charge in [0.1, 0.15) is 11.4 Å². The first-order valence-electron chi connectivity index (χ1n) is 7.31. The van der Waals surface area contributed by atoms with E-state index in [1.807, 2.05) is 0 Å². The highest BCUT2D eigenvalue weighted by Gasteiger charge is 2.63. The quantitative estimate of drug-likeness (QED) is 0.572. The first-order chi connectivity index (χ1) is 12.2. The lowest BCUT2D eigenvalue weighted by Gasteiger charge is -2.31.